The average Bonchev–Trinajstić information content (AvgIpc) is 3.00. The van der Waals surface area contributed by atoms with Crippen molar-refractivity contribution in [1.29, 1.82) is 0 Å². The highest BCUT2D eigenvalue weighted by Crippen LogP contribution is 2.15. The van der Waals surface area contributed by atoms with Crippen molar-refractivity contribution in [2.45, 2.75) is 13.5 Å². The number of nitrogens with zero attached hydrogens (tertiary/aromatic N) is 3. The smallest absolute Gasteiger partial charge is 0.339 e. The Balaban J connectivity index is 2.17. The number of ether oxygens (including phenoxy) is 1. The molecular weight excluding hydrogens is 234 g/mol. The summed E-state index contributed by atoms with van der Waals surface area (Å²) in [4.78, 5) is 19.6. The van der Waals surface area contributed by atoms with Crippen LogP contribution in [0.2, 0.25) is 0 Å². The van der Waals surface area contributed by atoms with Gasteiger partial charge in [-0.05, 0) is 6.92 Å². The van der Waals surface area contributed by atoms with E-state index in [0.717, 1.165) is 0 Å². The summed E-state index contributed by atoms with van der Waals surface area (Å²) in [7, 11) is 0. The van der Waals surface area contributed by atoms with Crippen LogP contribution in [-0.4, -0.2) is 27.1 Å². The van der Waals surface area contributed by atoms with Gasteiger partial charge in [-0.1, -0.05) is 6.58 Å². The molecule has 0 unspecified atom stereocenters. The van der Waals surface area contributed by atoms with E-state index in [2.05, 4.69) is 16.5 Å². The number of rotatable bonds is 5. The lowest BCUT2D eigenvalue weighted by atomic mass is 10.2. The third kappa shape index (κ3) is 2.48. The predicted octanol–water partition coefficient (Wildman–Crippen LogP) is 1.50. The lowest BCUT2D eigenvalue weighted by molar-refractivity contribution is -0.136. The summed E-state index contributed by atoms with van der Waals surface area (Å²) < 4.78 is 11.8. The number of imidazole rings is 1. The molecule has 0 aliphatic heterocycles. The van der Waals surface area contributed by atoms with E-state index in [0.29, 0.717) is 24.7 Å². The average molecular weight is 247 g/mol. The summed E-state index contributed by atoms with van der Waals surface area (Å²) in [5.74, 6) is 0.0811. The van der Waals surface area contributed by atoms with E-state index >= 15 is 0 Å². The molecule has 0 spiro atoms. The van der Waals surface area contributed by atoms with Crippen LogP contribution in [0.15, 0.2) is 36.0 Å². The molecule has 18 heavy (non-hydrogen) atoms. The van der Waals surface area contributed by atoms with Gasteiger partial charge in [0.25, 0.3) is 0 Å². The Morgan fingerprint density at radius 2 is 2.44 bits per heavy atom. The molecule has 0 atom stereocenters. The molecule has 2 rings (SSSR count). The fraction of sp³-hybridized carbons (Fsp3) is 0.250. The highest BCUT2D eigenvalue weighted by molar-refractivity contribution is 6.14. The molecule has 0 aliphatic carbocycles. The summed E-state index contributed by atoms with van der Waals surface area (Å²) >= 11 is 0. The fourth-order valence-corrected chi connectivity index (χ4v) is 1.50. The normalized spacial score (nSPS) is 10.3. The molecule has 0 amide bonds. The van der Waals surface area contributed by atoms with Crippen molar-refractivity contribution in [2.24, 2.45) is 0 Å². The minimum absolute atomic E-state index is 0.265. The molecule has 0 radical (unpaired) electrons. The Morgan fingerprint density at radius 1 is 1.61 bits per heavy atom. The summed E-state index contributed by atoms with van der Waals surface area (Å²) in [5, 5.41) is 0. The zero-order chi connectivity index (χ0) is 13.0. The third-order valence-corrected chi connectivity index (χ3v) is 2.33. The maximum Gasteiger partial charge on any atom is 0.339 e. The number of carbonyl (C=O) groups is 1. The van der Waals surface area contributed by atoms with Gasteiger partial charge in [-0.2, -0.15) is 0 Å². The Labute approximate surface area is 104 Å². The molecule has 0 saturated carbocycles. The molecule has 2 heterocycles. The van der Waals surface area contributed by atoms with Crippen molar-refractivity contribution in [2.75, 3.05) is 6.61 Å². The number of hydrogen-bond donors (Lipinski definition) is 0. The van der Waals surface area contributed by atoms with Crippen LogP contribution in [-0.2, 0) is 16.1 Å². The van der Waals surface area contributed by atoms with Crippen LogP contribution >= 0.6 is 0 Å². The summed E-state index contributed by atoms with van der Waals surface area (Å²) in [6.45, 7) is 6.17. The molecular formula is C12H13N3O3. The second kappa shape index (κ2) is 5.31. The number of carbonyl (C=O) groups excluding carboxylic acids is 1. The Morgan fingerprint density at radius 3 is 3.11 bits per heavy atom. The fourth-order valence-electron chi connectivity index (χ4n) is 1.50. The van der Waals surface area contributed by atoms with E-state index in [9.17, 15) is 4.79 Å². The number of aromatic nitrogens is 3. The van der Waals surface area contributed by atoms with Gasteiger partial charge < -0.3 is 13.7 Å². The lowest BCUT2D eigenvalue weighted by Gasteiger charge is -2.07. The van der Waals surface area contributed by atoms with Gasteiger partial charge in [0, 0.05) is 0 Å². The molecule has 2 aromatic rings. The van der Waals surface area contributed by atoms with Gasteiger partial charge >= 0.3 is 5.97 Å². The van der Waals surface area contributed by atoms with Crippen molar-refractivity contribution in [3.05, 3.63) is 43.1 Å². The van der Waals surface area contributed by atoms with E-state index in [4.69, 9.17) is 9.15 Å². The van der Waals surface area contributed by atoms with Crippen LogP contribution in [0.3, 0.4) is 0 Å². The highest BCUT2D eigenvalue weighted by atomic mass is 16.5. The second-order valence-corrected chi connectivity index (χ2v) is 3.53. The van der Waals surface area contributed by atoms with Crippen molar-refractivity contribution in [3.63, 3.8) is 0 Å². The molecule has 6 heteroatoms. The molecule has 0 bridgehead atoms. The van der Waals surface area contributed by atoms with Crippen molar-refractivity contribution in [3.8, 4) is 0 Å². The Hall–Kier alpha value is -2.37. The van der Waals surface area contributed by atoms with Gasteiger partial charge in [-0.15, -0.1) is 0 Å². The summed E-state index contributed by atoms with van der Waals surface area (Å²) in [6, 6.07) is 0. The first-order chi connectivity index (χ1) is 8.72. The first-order valence-electron chi connectivity index (χ1n) is 5.47. The predicted molar refractivity (Wildman–Crippen MR) is 63.5 cm³/mol. The first-order valence-corrected chi connectivity index (χ1v) is 5.47. The quantitative estimate of drug-likeness (QED) is 0.591. The third-order valence-electron chi connectivity index (χ3n) is 2.33. The van der Waals surface area contributed by atoms with Crippen LogP contribution < -0.4 is 0 Å². The highest BCUT2D eigenvalue weighted by Gasteiger charge is 2.15. The molecule has 0 aliphatic rings. The van der Waals surface area contributed by atoms with Crippen LogP contribution in [0, 0.1) is 0 Å². The minimum atomic E-state index is -0.452. The largest absolute Gasteiger partial charge is 0.462 e. The Kier molecular flexibility index (Phi) is 3.57. The van der Waals surface area contributed by atoms with Crippen LogP contribution in [0.1, 0.15) is 18.5 Å². The monoisotopic (exact) mass is 247 g/mol. The molecule has 6 nitrogen and oxygen atoms in total. The number of oxazole rings is 1. The van der Waals surface area contributed by atoms with E-state index in [1.165, 1.54) is 6.26 Å². The molecule has 0 aromatic carbocycles. The van der Waals surface area contributed by atoms with Crippen LogP contribution in [0.4, 0.5) is 0 Å². The topological polar surface area (TPSA) is 70.2 Å². The number of hydrogen-bond acceptors (Lipinski definition) is 5. The maximum atomic E-state index is 11.6. The van der Waals surface area contributed by atoms with Crippen molar-refractivity contribution >= 4 is 11.5 Å². The molecule has 0 N–H and O–H groups in total. The van der Waals surface area contributed by atoms with Gasteiger partial charge in [0.05, 0.1) is 36.6 Å². The molecule has 2 aromatic heterocycles. The minimum Gasteiger partial charge on any atom is -0.462 e. The van der Waals surface area contributed by atoms with Crippen LogP contribution in [0.25, 0.3) is 5.57 Å². The maximum absolute atomic E-state index is 11.6. The van der Waals surface area contributed by atoms with Crippen molar-refractivity contribution in [1.82, 2.24) is 14.5 Å². The van der Waals surface area contributed by atoms with Gasteiger partial charge in [-0.3, -0.25) is 0 Å². The molecule has 94 valence electrons. The van der Waals surface area contributed by atoms with Gasteiger partial charge in [-0.25, -0.2) is 14.8 Å². The van der Waals surface area contributed by atoms with E-state index < -0.39 is 5.97 Å². The molecule has 0 saturated heterocycles. The van der Waals surface area contributed by atoms with E-state index in [1.54, 1.807) is 30.2 Å². The van der Waals surface area contributed by atoms with Crippen LogP contribution in [0.5, 0.6) is 0 Å². The number of esters is 1. The van der Waals surface area contributed by atoms with Gasteiger partial charge in [0.2, 0.25) is 5.89 Å². The zero-order valence-electron chi connectivity index (χ0n) is 10.00. The SMILES string of the molecule is C=C(C(=O)OCC)c1cncn1Cc1ncco1. The first kappa shape index (κ1) is 12.1. The summed E-state index contributed by atoms with van der Waals surface area (Å²) in [5.41, 5.74) is 0.854. The van der Waals surface area contributed by atoms with E-state index in [1.807, 2.05) is 0 Å². The van der Waals surface area contributed by atoms with Gasteiger partial charge in [0.1, 0.15) is 12.8 Å². The zero-order valence-corrected chi connectivity index (χ0v) is 10.00. The van der Waals surface area contributed by atoms with E-state index in [-0.39, 0.29) is 5.57 Å². The molecule has 0 fully saturated rings. The Bertz CT molecular complexity index is 543. The lowest BCUT2D eigenvalue weighted by Crippen LogP contribution is -2.10. The van der Waals surface area contributed by atoms with Gasteiger partial charge in [0.15, 0.2) is 0 Å². The summed E-state index contributed by atoms with van der Waals surface area (Å²) in [6.07, 6.45) is 6.20. The van der Waals surface area contributed by atoms with Crippen molar-refractivity contribution < 1.29 is 13.9 Å². The second-order valence-electron chi connectivity index (χ2n) is 3.53. The standard InChI is InChI=1S/C12H13N3O3/c1-3-17-12(16)9(2)10-6-13-8-15(10)7-11-14-4-5-18-11/h4-6,8H,2-3,7H2,1H3.